The summed E-state index contributed by atoms with van der Waals surface area (Å²) in [4.78, 5) is 0. The van der Waals surface area contributed by atoms with E-state index in [-0.39, 0.29) is 18.2 Å². The van der Waals surface area contributed by atoms with Crippen LogP contribution in [0.1, 0.15) is 11.3 Å². The highest BCUT2D eigenvalue weighted by atomic mass is 35.5. The fraction of sp³-hybridized carbons (Fsp3) is 0.167. The summed E-state index contributed by atoms with van der Waals surface area (Å²) < 4.78 is 12.7. The first kappa shape index (κ1) is 13.5. The second kappa shape index (κ2) is 5.70. The van der Waals surface area contributed by atoms with Crippen molar-refractivity contribution in [1.82, 2.24) is 10.2 Å². The van der Waals surface area contributed by atoms with Crippen LogP contribution in [-0.2, 0) is 6.54 Å². The molecule has 3 nitrogen and oxygen atoms in total. The highest BCUT2D eigenvalue weighted by Gasteiger charge is 2.04. The predicted molar refractivity (Wildman–Crippen MR) is 67.3 cm³/mol. The van der Waals surface area contributed by atoms with Gasteiger partial charge >= 0.3 is 0 Å². The molecule has 0 aliphatic carbocycles. The highest BCUT2D eigenvalue weighted by Crippen LogP contribution is 2.18. The van der Waals surface area contributed by atoms with E-state index in [4.69, 9.17) is 5.73 Å². The highest BCUT2D eigenvalue weighted by molar-refractivity contribution is 5.85. The molecular weight excluding hydrogens is 241 g/mol. The van der Waals surface area contributed by atoms with Crippen molar-refractivity contribution >= 4 is 12.4 Å². The Balaban J connectivity index is 0.00000144. The third kappa shape index (κ3) is 2.99. The number of benzene rings is 1. The molecule has 1 aromatic carbocycles. The van der Waals surface area contributed by atoms with E-state index in [0.29, 0.717) is 6.54 Å². The smallest absolute Gasteiger partial charge is 0.123 e. The topological polar surface area (TPSA) is 51.8 Å². The van der Waals surface area contributed by atoms with Gasteiger partial charge in [0, 0.05) is 12.1 Å². The van der Waals surface area contributed by atoms with E-state index in [9.17, 15) is 4.39 Å². The number of rotatable bonds is 2. The van der Waals surface area contributed by atoms with Crippen molar-refractivity contribution in [3.63, 3.8) is 0 Å². The Morgan fingerprint density at radius 1 is 1.18 bits per heavy atom. The third-order valence-electron chi connectivity index (χ3n) is 2.42. The number of nitrogens with two attached hydrogens (primary N) is 1. The van der Waals surface area contributed by atoms with Crippen molar-refractivity contribution in [1.29, 1.82) is 0 Å². The molecule has 0 fully saturated rings. The van der Waals surface area contributed by atoms with Gasteiger partial charge in [0.05, 0.1) is 11.4 Å². The van der Waals surface area contributed by atoms with E-state index >= 15 is 0 Å². The first-order chi connectivity index (χ1) is 7.70. The summed E-state index contributed by atoms with van der Waals surface area (Å²) in [6.45, 7) is 2.31. The second-order valence-electron chi connectivity index (χ2n) is 3.57. The van der Waals surface area contributed by atoms with Crippen molar-refractivity contribution in [2.75, 3.05) is 0 Å². The number of halogens is 2. The molecule has 0 aliphatic heterocycles. The van der Waals surface area contributed by atoms with Gasteiger partial charge in [0.2, 0.25) is 0 Å². The average Bonchev–Trinajstić information content (AvgIpc) is 2.30. The number of aromatic nitrogens is 2. The van der Waals surface area contributed by atoms with Crippen LogP contribution < -0.4 is 5.73 Å². The fourth-order valence-corrected chi connectivity index (χ4v) is 1.47. The monoisotopic (exact) mass is 253 g/mol. The summed E-state index contributed by atoms with van der Waals surface area (Å²) in [5.74, 6) is -0.257. The Kier molecular flexibility index (Phi) is 4.54. The second-order valence-corrected chi connectivity index (χ2v) is 3.57. The summed E-state index contributed by atoms with van der Waals surface area (Å²) in [5, 5.41) is 8.08. The molecule has 1 heterocycles. The van der Waals surface area contributed by atoms with Gasteiger partial charge < -0.3 is 5.73 Å². The third-order valence-corrected chi connectivity index (χ3v) is 2.42. The van der Waals surface area contributed by atoms with Crippen LogP contribution in [0.4, 0.5) is 4.39 Å². The quantitative estimate of drug-likeness (QED) is 0.895. The van der Waals surface area contributed by atoms with Gasteiger partial charge in [0.25, 0.3) is 0 Å². The van der Waals surface area contributed by atoms with E-state index in [2.05, 4.69) is 10.2 Å². The van der Waals surface area contributed by atoms with Gasteiger partial charge in [-0.15, -0.1) is 12.4 Å². The van der Waals surface area contributed by atoms with Crippen LogP contribution in [0.3, 0.4) is 0 Å². The minimum Gasteiger partial charge on any atom is -0.325 e. The standard InChI is InChI=1S/C12H12FN3.ClH/c1-8-6-11(15-16-12(8)7-14)9-2-4-10(13)5-3-9;/h2-6H,7,14H2,1H3;1H. The molecule has 0 bridgehead atoms. The molecule has 0 aliphatic rings. The van der Waals surface area contributed by atoms with E-state index in [0.717, 1.165) is 22.5 Å². The Labute approximate surface area is 105 Å². The van der Waals surface area contributed by atoms with E-state index in [1.54, 1.807) is 12.1 Å². The first-order valence-electron chi connectivity index (χ1n) is 5.00. The maximum atomic E-state index is 12.7. The maximum Gasteiger partial charge on any atom is 0.123 e. The molecule has 1 aromatic heterocycles. The lowest BCUT2D eigenvalue weighted by atomic mass is 10.1. The summed E-state index contributed by atoms with van der Waals surface area (Å²) in [6, 6.07) is 8.08. The van der Waals surface area contributed by atoms with Crippen LogP contribution >= 0.6 is 12.4 Å². The Morgan fingerprint density at radius 2 is 1.82 bits per heavy atom. The number of hydrogen-bond acceptors (Lipinski definition) is 3. The first-order valence-corrected chi connectivity index (χ1v) is 5.00. The zero-order valence-electron chi connectivity index (χ0n) is 9.35. The van der Waals surface area contributed by atoms with Crippen LogP contribution in [0.5, 0.6) is 0 Å². The molecule has 0 saturated heterocycles. The van der Waals surface area contributed by atoms with Crippen molar-refractivity contribution in [3.05, 3.63) is 47.4 Å². The molecular formula is C12H13ClFN3. The van der Waals surface area contributed by atoms with E-state index in [1.807, 2.05) is 13.0 Å². The SMILES string of the molecule is Cc1cc(-c2ccc(F)cc2)nnc1CN.Cl. The number of aryl methyl sites for hydroxylation is 1. The van der Waals surface area contributed by atoms with Crippen molar-refractivity contribution in [3.8, 4) is 11.3 Å². The lowest BCUT2D eigenvalue weighted by Crippen LogP contribution is -2.04. The van der Waals surface area contributed by atoms with Gasteiger partial charge in [-0.3, -0.25) is 0 Å². The Morgan fingerprint density at radius 3 is 2.35 bits per heavy atom. The lowest BCUT2D eigenvalue weighted by Gasteiger charge is -2.04. The molecule has 2 rings (SSSR count). The molecule has 0 saturated carbocycles. The molecule has 5 heteroatoms. The molecule has 90 valence electrons. The zero-order valence-corrected chi connectivity index (χ0v) is 10.2. The van der Waals surface area contributed by atoms with Gasteiger partial charge in [0.15, 0.2) is 0 Å². The normalized spacial score (nSPS) is 9.82. The van der Waals surface area contributed by atoms with Crippen LogP contribution in [0.15, 0.2) is 30.3 Å². The largest absolute Gasteiger partial charge is 0.325 e. The van der Waals surface area contributed by atoms with E-state index < -0.39 is 0 Å². The molecule has 2 aromatic rings. The van der Waals surface area contributed by atoms with Gasteiger partial charge in [-0.1, -0.05) is 0 Å². The fourth-order valence-electron chi connectivity index (χ4n) is 1.47. The zero-order chi connectivity index (χ0) is 11.5. The van der Waals surface area contributed by atoms with Gasteiger partial charge in [-0.25, -0.2) is 4.39 Å². The predicted octanol–water partition coefficient (Wildman–Crippen LogP) is 2.47. The summed E-state index contributed by atoms with van der Waals surface area (Å²) >= 11 is 0. The molecule has 17 heavy (non-hydrogen) atoms. The minimum atomic E-state index is -0.257. The summed E-state index contributed by atoms with van der Waals surface area (Å²) in [5.41, 5.74) is 8.87. The van der Waals surface area contributed by atoms with Crippen LogP contribution in [0.25, 0.3) is 11.3 Å². The minimum absolute atomic E-state index is 0. The van der Waals surface area contributed by atoms with Crippen LogP contribution in [-0.4, -0.2) is 10.2 Å². The molecule has 0 unspecified atom stereocenters. The Hall–Kier alpha value is -1.52. The van der Waals surface area contributed by atoms with Crippen LogP contribution in [0.2, 0.25) is 0 Å². The van der Waals surface area contributed by atoms with Gasteiger partial charge in [0.1, 0.15) is 5.82 Å². The molecule has 0 amide bonds. The van der Waals surface area contributed by atoms with Crippen molar-refractivity contribution in [2.24, 2.45) is 5.73 Å². The summed E-state index contributed by atoms with van der Waals surface area (Å²) in [7, 11) is 0. The summed E-state index contributed by atoms with van der Waals surface area (Å²) in [6.07, 6.45) is 0. The average molecular weight is 254 g/mol. The maximum absolute atomic E-state index is 12.7. The molecule has 0 atom stereocenters. The van der Waals surface area contributed by atoms with Gasteiger partial charge in [-0.2, -0.15) is 10.2 Å². The van der Waals surface area contributed by atoms with Crippen molar-refractivity contribution < 1.29 is 4.39 Å². The lowest BCUT2D eigenvalue weighted by molar-refractivity contribution is 0.628. The molecule has 2 N–H and O–H groups in total. The molecule has 0 radical (unpaired) electrons. The number of nitrogens with zero attached hydrogens (tertiary/aromatic N) is 2. The van der Waals surface area contributed by atoms with Crippen molar-refractivity contribution in [2.45, 2.75) is 13.5 Å². The molecule has 0 spiro atoms. The van der Waals surface area contributed by atoms with Gasteiger partial charge in [-0.05, 0) is 42.8 Å². The Bertz CT molecular complexity index is 500. The van der Waals surface area contributed by atoms with E-state index in [1.165, 1.54) is 12.1 Å². The van der Waals surface area contributed by atoms with Crippen LogP contribution in [0, 0.1) is 12.7 Å². The number of hydrogen-bond donors (Lipinski definition) is 1.